The molecule has 176 valence electrons. The molecule has 1 atom stereocenters. The van der Waals surface area contributed by atoms with Gasteiger partial charge in [0.1, 0.15) is 6.04 Å². The van der Waals surface area contributed by atoms with Crippen molar-refractivity contribution in [3.05, 3.63) is 102 Å². The van der Waals surface area contributed by atoms with Gasteiger partial charge < -0.3 is 9.64 Å². The number of rotatable bonds is 8. The highest BCUT2D eigenvalue weighted by molar-refractivity contribution is 5.85. The molecule has 1 amide bonds. The van der Waals surface area contributed by atoms with Gasteiger partial charge in [0.05, 0.1) is 6.61 Å². The van der Waals surface area contributed by atoms with Crippen LogP contribution in [0.15, 0.2) is 85.2 Å². The van der Waals surface area contributed by atoms with Crippen LogP contribution >= 0.6 is 0 Å². The predicted molar refractivity (Wildman–Crippen MR) is 131 cm³/mol. The van der Waals surface area contributed by atoms with E-state index in [1.165, 1.54) is 0 Å². The number of piperazine rings is 1. The molecule has 4 rings (SSSR count). The van der Waals surface area contributed by atoms with E-state index in [9.17, 15) is 9.59 Å². The summed E-state index contributed by atoms with van der Waals surface area (Å²) in [7, 11) is 0. The summed E-state index contributed by atoms with van der Waals surface area (Å²) in [6.45, 7) is 4.43. The van der Waals surface area contributed by atoms with Crippen LogP contribution in [0.25, 0.3) is 0 Å². The first kappa shape index (κ1) is 23.6. The second-order valence-electron chi connectivity index (χ2n) is 8.52. The molecule has 3 aromatic rings. The Kier molecular flexibility index (Phi) is 8.04. The molecule has 1 aromatic heterocycles. The number of esters is 1. The average molecular weight is 458 g/mol. The van der Waals surface area contributed by atoms with Gasteiger partial charge in [0.25, 0.3) is 0 Å². The van der Waals surface area contributed by atoms with Gasteiger partial charge in [-0.3, -0.25) is 14.7 Å². The maximum atomic E-state index is 13.6. The lowest BCUT2D eigenvalue weighted by molar-refractivity contribution is -0.158. The highest BCUT2D eigenvalue weighted by atomic mass is 16.5. The Morgan fingerprint density at radius 1 is 0.941 bits per heavy atom. The van der Waals surface area contributed by atoms with Crippen LogP contribution in [0.2, 0.25) is 0 Å². The molecule has 6 heteroatoms. The van der Waals surface area contributed by atoms with Gasteiger partial charge in [-0.15, -0.1) is 0 Å². The number of nitrogens with zero attached hydrogens (tertiary/aromatic N) is 3. The van der Waals surface area contributed by atoms with E-state index in [0.29, 0.717) is 39.2 Å². The molecule has 1 fully saturated rings. The Morgan fingerprint density at radius 2 is 1.56 bits per heavy atom. The largest absolute Gasteiger partial charge is 0.464 e. The third kappa shape index (κ3) is 5.88. The molecule has 2 aromatic carbocycles. The van der Waals surface area contributed by atoms with Gasteiger partial charge in [0.2, 0.25) is 5.91 Å². The van der Waals surface area contributed by atoms with Crippen LogP contribution in [-0.2, 0) is 20.9 Å². The third-order valence-corrected chi connectivity index (χ3v) is 6.28. The standard InChI is InChI=1S/C28H31N3O3/c1-2-34-28(33)26-21-30(20-22-13-15-29-16-14-22)17-18-31(26)27(32)19-25(23-9-5-3-6-10-23)24-11-7-4-8-12-24/h3-16,25-26H,2,17-21H2,1H3. The van der Waals surface area contributed by atoms with E-state index < -0.39 is 6.04 Å². The van der Waals surface area contributed by atoms with Crippen LogP contribution < -0.4 is 0 Å². The van der Waals surface area contributed by atoms with E-state index in [4.69, 9.17) is 4.74 Å². The second-order valence-corrected chi connectivity index (χ2v) is 8.52. The average Bonchev–Trinajstić information content (AvgIpc) is 2.89. The fourth-order valence-electron chi connectivity index (χ4n) is 4.56. The minimum Gasteiger partial charge on any atom is -0.464 e. The van der Waals surface area contributed by atoms with Gasteiger partial charge in [-0.2, -0.15) is 0 Å². The molecular formula is C28H31N3O3. The number of ether oxygens (including phenoxy) is 1. The monoisotopic (exact) mass is 457 g/mol. The molecule has 1 saturated heterocycles. The van der Waals surface area contributed by atoms with E-state index in [1.807, 2.05) is 48.5 Å². The van der Waals surface area contributed by atoms with Gasteiger partial charge in [0, 0.05) is 50.9 Å². The Labute approximate surface area is 201 Å². The van der Waals surface area contributed by atoms with Crippen molar-refractivity contribution >= 4 is 11.9 Å². The van der Waals surface area contributed by atoms with E-state index in [-0.39, 0.29) is 17.8 Å². The van der Waals surface area contributed by atoms with Crippen molar-refractivity contribution in [2.45, 2.75) is 31.8 Å². The number of hydrogen-bond donors (Lipinski definition) is 0. The molecule has 1 aliphatic rings. The van der Waals surface area contributed by atoms with Crippen molar-refractivity contribution in [2.75, 3.05) is 26.2 Å². The number of amides is 1. The van der Waals surface area contributed by atoms with Crippen LogP contribution in [0.4, 0.5) is 0 Å². The predicted octanol–water partition coefficient (Wildman–Crippen LogP) is 3.88. The number of aromatic nitrogens is 1. The highest BCUT2D eigenvalue weighted by Gasteiger charge is 2.37. The Balaban J connectivity index is 1.53. The zero-order valence-electron chi connectivity index (χ0n) is 19.5. The summed E-state index contributed by atoms with van der Waals surface area (Å²) in [5, 5.41) is 0. The van der Waals surface area contributed by atoms with E-state index in [1.54, 1.807) is 24.2 Å². The van der Waals surface area contributed by atoms with Crippen LogP contribution in [0.5, 0.6) is 0 Å². The van der Waals surface area contributed by atoms with Gasteiger partial charge in [-0.25, -0.2) is 4.79 Å². The van der Waals surface area contributed by atoms with Crippen LogP contribution in [0, 0.1) is 0 Å². The third-order valence-electron chi connectivity index (χ3n) is 6.28. The second kappa shape index (κ2) is 11.6. The normalized spacial score (nSPS) is 16.4. The Morgan fingerprint density at radius 3 is 2.15 bits per heavy atom. The summed E-state index contributed by atoms with van der Waals surface area (Å²) >= 11 is 0. The first-order chi connectivity index (χ1) is 16.7. The number of benzene rings is 2. The van der Waals surface area contributed by atoms with Crippen molar-refractivity contribution in [2.24, 2.45) is 0 Å². The van der Waals surface area contributed by atoms with Gasteiger partial charge in [0.15, 0.2) is 0 Å². The smallest absolute Gasteiger partial charge is 0.330 e. The Hall–Kier alpha value is -3.51. The lowest BCUT2D eigenvalue weighted by Gasteiger charge is -2.40. The van der Waals surface area contributed by atoms with E-state index >= 15 is 0 Å². The van der Waals surface area contributed by atoms with Crippen molar-refractivity contribution < 1.29 is 14.3 Å². The molecule has 1 aliphatic heterocycles. The Bertz CT molecular complexity index is 1020. The van der Waals surface area contributed by atoms with Crippen molar-refractivity contribution in [3.63, 3.8) is 0 Å². The molecular weight excluding hydrogens is 426 g/mol. The lowest BCUT2D eigenvalue weighted by Crippen LogP contribution is -2.58. The molecule has 2 heterocycles. The topological polar surface area (TPSA) is 62.7 Å². The number of carbonyl (C=O) groups is 2. The maximum Gasteiger partial charge on any atom is 0.330 e. The fraction of sp³-hybridized carbons (Fsp3) is 0.321. The summed E-state index contributed by atoms with van der Waals surface area (Å²) in [5.74, 6) is -0.446. The maximum absolute atomic E-state index is 13.6. The zero-order valence-corrected chi connectivity index (χ0v) is 19.5. The summed E-state index contributed by atoms with van der Waals surface area (Å²) in [6, 6.07) is 23.5. The van der Waals surface area contributed by atoms with E-state index in [0.717, 1.165) is 16.7 Å². The van der Waals surface area contributed by atoms with Crippen LogP contribution in [0.1, 0.15) is 36.0 Å². The molecule has 0 N–H and O–H groups in total. The minimum absolute atomic E-state index is 0.0284. The quantitative estimate of drug-likeness (QED) is 0.481. The summed E-state index contributed by atoms with van der Waals surface area (Å²) in [4.78, 5) is 34.5. The van der Waals surface area contributed by atoms with Crippen LogP contribution in [0.3, 0.4) is 0 Å². The van der Waals surface area contributed by atoms with Crippen LogP contribution in [-0.4, -0.2) is 58.9 Å². The number of carbonyl (C=O) groups excluding carboxylic acids is 2. The first-order valence-corrected chi connectivity index (χ1v) is 11.8. The first-order valence-electron chi connectivity index (χ1n) is 11.8. The SMILES string of the molecule is CCOC(=O)C1CN(Cc2ccncc2)CCN1C(=O)CC(c1ccccc1)c1ccccc1. The minimum atomic E-state index is -0.616. The van der Waals surface area contributed by atoms with Gasteiger partial charge in [-0.1, -0.05) is 60.7 Å². The van der Waals surface area contributed by atoms with Crippen molar-refractivity contribution in [1.82, 2.24) is 14.8 Å². The van der Waals surface area contributed by atoms with Gasteiger partial charge >= 0.3 is 5.97 Å². The summed E-state index contributed by atoms with van der Waals surface area (Å²) in [6.07, 6.45) is 3.84. The lowest BCUT2D eigenvalue weighted by atomic mass is 9.88. The van der Waals surface area contributed by atoms with Crippen molar-refractivity contribution in [1.29, 1.82) is 0 Å². The molecule has 34 heavy (non-hydrogen) atoms. The summed E-state index contributed by atoms with van der Waals surface area (Å²) in [5.41, 5.74) is 3.31. The van der Waals surface area contributed by atoms with Crippen molar-refractivity contribution in [3.8, 4) is 0 Å². The fourth-order valence-corrected chi connectivity index (χ4v) is 4.56. The molecule has 0 aliphatic carbocycles. The zero-order chi connectivity index (χ0) is 23.8. The molecule has 0 saturated carbocycles. The molecule has 1 unspecified atom stereocenters. The molecule has 0 radical (unpaired) electrons. The van der Waals surface area contributed by atoms with E-state index in [2.05, 4.69) is 34.1 Å². The molecule has 0 bridgehead atoms. The number of hydrogen-bond acceptors (Lipinski definition) is 5. The van der Waals surface area contributed by atoms with Gasteiger partial charge in [-0.05, 0) is 35.7 Å². The number of pyridine rings is 1. The summed E-state index contributed by atoms with van der Waals surface area (Å²) < 4.78 is 5.37. The molecule has 0 spiro atoms. The molecule has 6 nitrogen and oxygen atoms in total. The highest BCUT2D eigenvalue weighted by Crippen LogP contribution is 2.29.